The van der Waals surface area contributed by atoms with Crippen LogP contribution in [0.25, 0.3) is 0 Å². The number of carbonyl (C=O) groups excluding carboxylic acids is 2. The average molecular weight is 435 g/mol. The molecule has 2 N–H and O–H groups in total. The van der Waals surface area contributed by atoms with Crippen LogP contribution in [-0.2, 0) is 21.5 Å². The molecule has 1 fully saturated rings. The van der Waals surface area contributed by atoms with E-state index < -0.39 is 16.1 Å². The molecule has 1 aromatic heterocycles. The van der Waals surface area contributed by atoms with Crippen molar-refractivity contribution in [2.75, 3.05) is 32.5 Å². The Bertz CT molecular complexity index is 988. The molecule has 1 aliphatic rings. The van der Waals surface area contributed by atoms with Crippen LogP contribution in [0.1, 0.15) is 29.0 Å². The van der Waals surface area contributed by atoms with Gasteiger partial charge >= 0.3 is 0 Å². The van der Waals surface area contributed by atoms with Crippen LogP contribution in [0.4, 0.5) is 5.69 Å². The van der Waals surface area contributed by atoms with E-state index in [-0.39, 0.29) is 24.9 Å². The summed E-state index contributed by atoms with van der Waals surface area (Å²) in [4.78, 5) is 25.4. The first-order valence-electron chi connectivity index (χ1n) is 9.67. The van der Waals surface area contributed by atoms with Crippen LogP contribution in [0.15, 0.2) is 47.1 Å². The van der Waals surface area contributed by atoms with Crippen LogP contribution in [0.5, 0.6) is 0 Å². The molecule has 2 amide bonds. The number of hydrogen-bond acceptors (Lipinski definition) is 5. The maximum atomic E-state index is 12.8. The molecular weight excluding hydrogens is 408 g/mol. The van der Waals surface area contributed by atoms with Crippen LogP contribution in [0.3, 0.4) is 0 Å². The molecule has 2 heterocycles. The zero-order valence-corrected chi connectivity index (χ0v) is 17.8. The number of benzene rings is 1. The van der Waals surface area contributed by atoms with E-state index in [1.54, 1.807) is 36.4 Å². The maximum Gasteiger partial charge on any atom is 0.281 e. The van der Waals surface area contributed by atoms with Crippen LogP contribution < -0.4 is 10.6 Å². The minimum atomic E-state index is -3.58. The Kier molecular flexibility index (Phi) is 6.91. The number of para-hydroxylation sites is 1. The predicted octanol–water partition coefficient (Wildman–Crippen LogP) is 1.67. The van der Waals surface area contributed by atoms with Gasteiger partial charge in [0.2, 0.25) is 5.91 Å². The quantitative estimate of drug-likeness (QED) is 0.688. The molecular formula is C20H26N4O5S. The van der Waals surface area contributed by atoms with Gasteiger partial charge in [-0.1, -0.05) is 12.1 Å². The second kappa shape index (κ2) is 9.41. The third-order valence-corrected chi connectivity index (χ3v) is 6.88. The third kappa shape index (κ3) is 5.07. The fourth-order valence-electron chi connectivity index (χ4n) is 3.30. The van der Waals surface area contributed by atoms with Gasteiger partial charge < -0.3 is 15.1 Å². The smallest absolute Gasteiger partial charge is 0.281 e. The Labute approximate surface area is 176 Å². The Morgan fingerprint density at radius 1 is 1.20 bits per heavy atom. The highest BCUT2D eigenvalue weighted by Crippen LogP contribution is 2.23. The number of carbonyl (C=O) groups is 2. The Balaban J connectivity index is 1.67. The highest BCUT2D eigenvalue weighted by atomic mass is 32.2. The van der Waals surface area contributed by atoms with Crippen molar-refractivity contribution in [2.24, 2.45) is 5.92 Å². The summed E-state index contributed by atoms with van der Waals surface area (Å²) in [5, 5.41) is 5.55. The Hall–Kier alpha value is -2.69. The van der Waals surface area contributed by atoms with Gasteiger partial charge in [-0.2, -0.15) is 17.0 Å². The van der Waals surface area contributed by atoms with Crippen molar-refractivity contribution in [3.05, 3.63) is 54.0 Å². The van der Waals surface area contributed by atoms with Crippen LogP contribution in [0, 0.1) is 5.92 Å². The van der Waals surface area contributed by atoms with E-state index in [2.05, 4.69) is 10.6 Å². The molecule has 0 saturated carbocycles. The lowest BCUT2D eigenvalue weighted by atomic mass is 9.98. The van der Waals surface area contributed by atoms with Gasteiger partial charge in [0.25, 0.3) is 16.1 Å². The summed E-state index contributed by atoms with van der Waals surface area (Å²) in [6.07, 6.45) is 2.70. The summed E-state index contributed by atoms with van der Waals surface area (Å²) in [5.74, 6) is -0.523. The van der Waals surface area contributed by atoms with Gasteiger partial charge in [0.05, 0.1) is 30.0 Å². The van der Waals surface area contributed by atoms with Gasteiger partial charge in [-0.15, -0.1) is 0 Å². The van der Waals surface area contributed by atoms with Gasteiger partial charge in [0.15, 0.2) is 0 Å². The Morgan fingerprint density at radius 3 is 2.67 bits per heavy atom. The molecule has 30 heavy (non-hydrogen) atoms. The van der Waals surface area contributed by atoms with Crippen molar-refractivity contribution < 1.29 is 22.4 Å². The number of nitrogens with zero attached hydrogens (tertiary/aromatic N) is 2. The number of piperidine rings is 1. The topological polar surface area (TPSA) is 112 Å². The van der Waals surface area contributed by atoms with Crippen LogP contribution in [-0.4, -0.2) is 56.0 Å². The van der Waals surface area contributed by atoms with E-state index in [1.807, 2.05) is 0 Å². The SMILES string of the molecule is CN(C)S(=O)(=O)N1CCC[C@H](C(=O)Nc2ccccc2C(=O)NCc2ccco2)C1. The molecule has 10 heteroatoms. The normalized spacial score (nSPS) is 17.6. The summed E-state index contributed by atoms with van der Waals surface area (Å²) in [6, 6.07) is 10.2. The summed E-state index contributed by atoms with van der Waals surface area (Å²) >= 11 is 0. The molecule has 0 radical (unpaired) electrons. The molecule has 0 spiro atoms. The first-order chi connectivity index (χ1) is 14.3. The van der Waals surface area contributed by atoms with Crippen LogP contribution >= 0.6 is 0 Å². The summed E-state index contributed by atoms with van der Waals surface area (Å²) in [5.41, 5.74) is 0.706. The molecule has 1 saturated heterocycles. The minimum Gasteiger partial charge on any atom is -0.467 e. The van der Waals surface area contributed by atoms with Crippen molar-refractivity contribution in [3.8, 4) is 0 Å². The first kappa shape index (κ1) is 22.0. The van der Waals surface area contributed by atoms with E-state index in [1.165, 1.54) is 24.7 Å². The molecule has 1 atom stereocenters. The molecule has 1 aliphatic heterocycles. The molecule has 1 aromatic carbocycles. The number of nitrogens with one attached hydrogen (secondary N) is 2. The zero-order chi connectivity index (χ0) is 21.7. The Morgan fingerprint density at radius 2 is 1.97 bits per heavy atom. The lowest BCUT2D eigenvalue weighted by Gasteiger charge is -2.32. The number of hydrogen-bond donors (Lipinski definition) is 2. The highest BCUT2D eigenvalue weighted by molar-refractivity contribution is 7.86. The van der Waals surface area contributed by atoms with Crippen molar-refractivity contribution in [1.82, 2.24) is 13.9 Å². The van der Waals surface area contributed by atoms with Crippen molar-refractivity contribution >= 4 is 27.7 Å². The van der Waals surface area contributed by atoms with Crippen molar-refractivity contribution in [1.29, 1.82) is 0 Å². The van der Waals surface area contributed by atoms with Gasteiger partial charge in [-0.25, -0.2) is 0 Å². The molecule has 0 bridgehead atoms. The van der Waals surface area contributed by atoms with E-state index in [9.17, 15) is 18.0 Å². The zero-order valence-electron chi connectivity index (χ0n) is 17.0. The summed E-state index contributed by atoms with van der Waals surface area (Å²) < 4.78 is 32.4. The van der Waals surface area contributed by atoms with Gasteiger partial charge in [-0.3, -0.25) is 9.59 Å². The van der Waals surface area contributed by atoms with Crippen molar-refractivity contribution in [2.45, 2.75) is 19.4 Å². The fraction of sp³-hybridized carbons (Fsp3) is 0.400. The van der Waals surface area contributed by atoms with E-state index >= 15 is 0 Å². The standard InChI is InChI=1S/C20H26N4O5S/c1-23(2)30(27,28)24-11-5-7-15(14-24)19(25)22-18-10-4-3-9-17(18)20(26)21-13-16-8-6-12-29-16/h3-4,6,8-10,12,15H,5,7,11,13-14H2,1-2H3,(H,21,26)(H,22,25)/t15-/m0/s1. The molecule has 3 rings (SSSR count). The monoisotopic (exact) mass is 434 g/mol. The summed E-state index contributed by atoms with van der Waals surface area (Å²) in [7, 11) is -0.638. The van der Waals surface area contributed by atoms with Gasteiger partial charge in [-0.05, 0) is 37.1 Å². The average Bonchev–Trinajstić information content (AvgIpc) is 3.26. The maximum absolute atomic E-state index is 12.8. The van der Waals surface area contributed by atoms with Gasteiger partial charge in [0.1, 0.15) is 5.76 Å². The van der Waals surface area contributed by atoms with Crippen molar-refractivity contribution in [3.63, 3.8) is 0 Å². The molecule has 9 nitrogen and oxygen atoms in total. The molecule has 0 unspecified atom stereocenters. The second-order valence-corrected chi connectivity index (χ2v) is 9.43. The lowest BCUT2D eigenvalue weighted by molar-refractivity contribution is -0.120. The van der Waals surface area contributed by atoms with Gasteiger partial charge in [0, 0.05) is 27.2 Å². The third-order valence-electron chi connectivity index (χ3n) is 4.98. The van der Waals surface area contributed by atoms with E-state index in [4.69, 9.17) is 4.42 Å². The number of furan rings is 1. The molecule has 0 aliphatic carbocycles. The van der Waals surface area contributed by atoms with Crippen LogP contribution in [0.2, 0.25) is 0 Å². The fourth-order valence-corrected chi connectivity index (χ4v) is 4.49. The lowest BCUT2D eigenvalue weighted by Crippen LogP contribution is -2.47. The van der Waals surface area contributed by atoms with E-state index in [0.29, 0.717) is 36.4 Å². The number of rotatable bonds is 7. The molecule has 162 valence electrons. The molecule has 2 aromatic rings. The highest BCUT2D eigenvalue weighted by Gasteiger charge is 2.33. The predicted molar refractivity (Wildman–Crippen MR) is 112 cm³/mol. The number of anilines is 1. The van der Waals surface area contributed by atoms with E-state index in [0.717, 1.165) is 4.31 Å². The summed E-state index contributed by atoms with van der Waals surface area (Å²) in [6.45, 7) is 0.726. The first-order valence-corrected chi connectivity index (χ1v) is 11.1. The largest absolute Gasteiger partial charge is 0.467 e. The minimum absolute atomic E-state index is 0.110. The second-order valence-electron chi connectivity index (χ2n) is 7.28. The number of amides is 2.